The first-order valence-electron chi connectivity index (χ1n) is 13.7. The fraction of sp³-hybridized carbons (Fsp3) is 0.171. The van der Waals surface area contributed by atoms with Crippen molar-refractivity contribution in [3.8, 4) is 0 Å². The van der Waals surface area contributed by atoms with Crippen LogP contribution < -0.4 is 10.2 Å². The average molecular weight is 559 g/mol. The number of aryl methyl sites for hydroxylation is 1. The number of amides is 1. The monoisotopic (exact) mass is 558 g/mol. The molecule has 1 spiro atoms. The van der Waals surface area contributed by atoms with E-state index in [4.69, 9.17) is 11.6 Å². The van der Waals surface area contributed by atoms with Crippen molar-refractivity contribution >= 4 is 46.0 Å². The number of fused-ring (bicyclic) bond motifs is 6. The second-order valence-electron chi connectivity index (χ2n) is 11.1. The minimum atomic E-state index is -1.34. The fourth-order valence-corrected chi connectivity index (χ4v) is 7.24. The highest BCUT2D eigenvalue weighted by Gasteiger charge is 2.70. The molecule has 4 aromatic rings. The Balaban J connectivity index is 1.56. The highest BCUT2D eigenvalue weighted by molar-refractivity contribution is 6.30. The molecule has 1 N–H and O–H groups in total. The summed E-state index contributed by atoms with van der Waals surface area (Å²) in [5.74, 6) is -1.75. The first kappa shape index (κ1) is 25.5. The molecule has 3 heterocycles. The van der Waals surface area contributed by atoms with E-state index in [2.05, 4.69) is 17.5 Å². The lowest BCUT2D eigenvalue weighted by Crippen LogP contribution is -2.51. The van der Waals surface area contributed by atoms with Crippen LogP contribution in [0, 0.1) is 12.8 Å². The summed E-state index contributed by atoms with van der Waals surface area (Å²) < 4.78 is 0. The van der Waals surface area contributed by atoms with Gasteiger partial charge in [-0.2, -0.15) is 0 Å². The molecule has 3 aliphatic rings. The van der Waals surface area contributed by atoms with Gasteiger partial charge in [0.15, 0.2) is 11.6 Å². The van der Waals surface area contributed by atoms with Crippen LogP contribution in [0.15, 0.2) is 103 Å². The molecular formula is C35H27ClN2O3. The van der Waals surface area contributed by atoms with Crippen LogP contribution in [0.2, 0.25) is 5.02 Å². The zero-order valence-electron chi connectivity index (χ0n) is 22.6. The van der Waals surface area contributed by atoms with Crippen molar-refractivity contribution in [1.29, 1.82) is 0 Å². The average Bonchev–Trinajstić information content (AvgIpc) is 3.45. The van der Waals surface area contributed by atoms with Crippen molar-refractivity contribution in [3.05, 3.63) is 136 Å². The summed E-state index contributed by atoms with van der Waals surface area (Å²) in [7, 11) is 0. The molecular weight excluding hydrogens is 532 g/mol. The van der Waals surface area contributed by atoms with Crippen molar-refractivity contribution < 1.29 is 14.4 Å². The summed E-state index contributed by atoms with van der Waals surface area (Å²) in [5.41, 5.74) is 4.90. The quantitative estimate of drug-likeness (QED) is 0.277. The van der Waals surface area contributed by atoms with Gasteiger partial charge < -0.3 is 10.2 Å². The van der Waals surface area contributed by atoms with E-state index in [1.807, 2.05) is 73.3 Å². The zero-order chi connectivity index (χ0) is 28.5. The van der Waals surface area contributed by atoms with E-state index in [-0.39, 0.29) is 17.5 Å². The van der Waals surface area contributed by atoms with Crippen molar-refractivity contribution in [2.24, 2.45) is 5.92 Å². The Labute approximate surface area is 243 Å². The number of carbonyl (C=O) groups excluding carboxylic acids is 3. The van der Waals surface area contributed by atoms with Crippen LogP contribution in [0.5, 0.6) is 0 Å². The second-order valence-corrected chi connectivity index (χ2v) is 11.6. The van der Waals surface area contributed by atoms with E-state index in [0.29, 0.717) is 21.8 Å². The van der Waals surface area contributed by atoms with E-state index in [9.17, 15) is 14.4 Å². The Bertz CT molecular complexity index is 1780. The first-order valence-corrected chi connectivity index (χ1v) is 14.1. The van der Waals surface area contributed by atoms with Gasteiger partial charge in [0.2, 0.25) is 5.91 Å². The number of allylic oxidation sites excluding steroid dienone is 1. The number of Topliss-reactive ketones (excluding diaryl/α,β-unsaturated/α-hetero) is 2. The topological polar surface area (TPSA) is 66.5 Å². The predicted octanol–water partition coefficient (Wildman–Crippen LogP) is 6.89. The van der Waals surface area contributed by atoms with Crippen molar-refractivity contribution in [1.82, 2.24) is 0 Å². The number of nitrogens with one attached hydrogen (secondary N) is 1. The molecule has 202 valence electrons. The second kappa shape index (κ2) is 9.28. The predicted molar refractivity (Wildman–Crippen MR) is 162 cm³/mol. The third-order valence-electron chi connectivity index (χ3n) is 8.87. The highest BCUT2D eigenvalue weighted by Crippen LogP contribution is 2.58. The van der Waals surface area contributed by atoms with E-state index in [0.717, 1.165) is 28.0 Å². The number of benzene rings is 4. The number of nitrogens with zero attached hydrogens (tertiary/aromatic N) is 1. The normalized spacial score (nSPS) is 23.9. The van der Waals surface area contributed by atoms with E-state index < -0.39 is 23.4 Å². The molecule has 0 aliphatic carbocycles. The molecule has 6 heteroatoms. The van der Waals surface area contributed by atoms with Gasteiger partial charge in [0.25, 0.3) is 0 Å². The molecule has 0 radical (unpaired) electrons. The van der Waals surface area contributed by atoms with Gasteiger partial charge in [0.1, 0.15) is 11.5 Å². The number of halogens is 1. The van der Waals surface area contributed by atoms with Crippen LogP contribution in [-0.4, -0.2) is 29.6 Å². The van der Waals surface area contributed by atoms with Crippen LogP contribution in [0.1, 0.15) is 44.3 Å². The molecule has 5 nitrogen and oxygen atoms in total. The van der Waals surface area contributed by atoms with Gasteiger partial charge in [-0.05, 0) is 67.4 Å². The maximum atomic E-state index is 14.8. The largest absolute Gasteiger partial charge is 0.352 e. The Morgan fingerprint density at radius 3 is 2.27 bits per heavy atom. The van der Waals surface area contributed by atoms with Gasteiger partial charge in [-0.1, -0.05) is 77.8 Å². The molecule has 4 atom stereocenters. The van der Waals surface area contributed by atoms with Crippen LogP contribution in [0.3, 0.4) is 0 Å². The lowest BCUT2D eigenvalue weighted by molar-refractivity contribution is -0.121. The lowest BCUT2D eigenvalue weighted by atomic mass is 9.64. The summed E-state index contributed by atoms with van der Waals surface area (Å²) in [6.07, 6.45) is 2.07. The third kappa shape index (κ3) is 3.58. The number of para-hydroxylation sites is 1. The summed E-state index contributed by atoms with van der Waals surface area (Å²) >= 11 is 6.18. The summed E-state index contributed by atoms with van der Waals surface area (Å²) in [4.78, 5) is 45.9. The maximum Gasteiger partial charge on any atom is 0.238 e. The van der Waals surface area contributed by atoms with Gasteiger partial charge in [-0.3, -0.25) is 14.4 Å². The molecule has 0 bridgehead atoms. The Morgan fingerprint density at radius 2 is 1.51 bits per heavy atom. The molecule has 0 aromatic heterocycles. The molecule has 41 heavy (non-hydrogen) atoms. The Hall–Kier alpha value is -4.48. The van der Waals surface area contributed by atoms with Crippen molar-refractivity contribution in [3.63, 3.8) is 0 Å². The molecule has 7 rings (SSSR count). The van der Waals surface area contributed by atoms with Crippen molar-refractivity contribution in [2.45, 2.75) is 31.3 Å². The first-order chi connectivity index (χ1) is 19.8. The number of hydrogen-bond donors (Lipinski definition) is 1. The Kier molecular flexibility index (Phi) is 5.77. The number of rotatable bonds is 4. The number of carbonyl (C=O) groups is 3. The third-order valence-corrected chi connectivity index (χ3v) is 9.12. The molecule has 1 fully saturated rings. The van der Waals surface area contributed by atoms with E-state index in [1.54, 1.807) is 36.4 Å². The molecule has 0 saturated carbocycles. The maximum absolute atomic E-state index is 14.8. The smallest absolute Gasteiger partial charge is 0.238 e. The van der Waals surface area contributed by atoms with Gasteiger partial charge in [-0.15, -0.1) is 0 Å². The summed E-state index contributed by atoms with van der Waals surface area (Å²) in [5, 5.41) is 3.58. The highest BCUT2D eigenvalue weighted by atomic mass is 35.5. The zero-order valence-corrected chi connectivity index (χ0v) is 23.4. The van der Waals surface area contributed by atoms with Gasteiger partial charge in [-0.25, -0.2) is 0 Å². The fourth-order valence-electron chi connectivity index (χ4n) is 7.11. The number of ketones is 2. The van der Waals surface area contributed by atoms with Gasteiger partial charge in [0.05, 0.1) is 12.0 Å². The van der Waals surface area contributed by atoms with Crippen LogP contribution >= 0.6 is 11.6 Å². The van der Waals surface area contributed by atoms with Crippen LogP contribution in [0.4, 0.5) is 11.4 Å². The van der Waals surface area contributed by atoms with Gasteiger partial charge >= 0.3 is 0 Å². The molecule has 0 unspecified atom stereocenters. The van der Waals surface area contributed by atoms with E-state index >= 15 is 0 Å². The lowest BCUT2D eigenvalue weighted by Gasteiger charge is -2.39. The van der Waals surface area contributed by atoms with Crippen LogP contribution in [-0.2, 0) is 10.2 Å². The number of anilines is 2. The molecule has 1 saturated heterocycles. The minimum Gasteiger partial charge on any atom is -0.352 e. The summed E-state index contributed by atoms with van der Waals surface area (Å²) in [6.45, 7) is 4.07. The van der Waals surface area contributed by atoms with E-state index in [1.165, 1.54) is 0 Å². The van der Waals surface area contributed by atoms with Crippen molar-refractivity contribution in [2.75, 3.05) is 10.2 Å². The minimum absolute atomic E-state index is 0.198. The molecule has 4 aromatic carbocycles. The number of hydrogen-bond acceptors (Lipinski definition) is 4. The van der Waals surface area contributed by atoms with Gasteiger partial charge in [0, 0.05) is 33.1 Å². The Morgan fingerprint density at radius 1 is 0.829 bits per heavy atom. The SMILES string of the molecule is CC1=C[C@@H]2N(c3ccc(C)cc31)[C@H](C(=O)c1ccccc1)[C@@H](C(=O)c1ccc(Cl)cc1)[C@@]21C(=O)Nc2ccccc21. The van der Waals surface area contributed by atoms with Crippen LogP contribution in [0.25, 0.3) is 5.57 Å². The molecule has 1 amide bonds. The molecule has 3 aliphatic heterocycles. The standard InChI is InChI=1S/C35H27ClN2O3/c1-20-12-17-28-25(18-20)21(2)19-29-35(26-10-6-7-11-27(26)37-34(35)41)30(32(39)23-13-15-24(36)16-14-23)31(38(28)29)33(40)22-8-4-3-5-9-22/h3-19,29-31H,1-2H3,(H,37,41)/t29-,30-,31-,35-/m0/s1. The summed E-state index contributed by atoms with van der Waals surface area (Å²) in [6, 6.07) is 27.9.